The highest BCUT2D eigenvalue weighted by atomic mass is 35.5. The maximum atomic E-state index is 10.6. The van der Waals surface area contributed by atoms with Crippen LogP contribution in [0.25, 0.3) is 0 Å². The summed E-state index contributed by atoms with van der Waals surface area (Å²) in [6.07, 6.45) is 2.12. The molecule has 2 heterocycles. The van der Waals surface area contributed by atoms with Crippen LogP contribution in [-0.2, 0) is 6.54 Å². The number of hydrogen-bond donors (Lipinski definition) is 2. The summed E-state index contributed by atoms with van der Waals surface area (Å²) in [7, 11) is 1.56. The van der Waals surface area contributed by atoms with E-state index in [0.717, 1.165) is 5.56 Å². The zero-order valence-electron chi connectivity index (χ0n) is 13.9. The molecule has 0 saturated carbocycles. The molecule has 3 rings (SSSR count). The molecule has 0 spiro atoms. The summed E-state index contributed by atoms with van der Waals surface area (Å²) in [5.41, 5.74) is 1.89. The van der Waals surface area contributed by atoms with Crippen LogP contribution in [0.3, 0.4) is 0 Å². The number of ether oxygens (including phenoxy) is 1. The van der Waals surface area contributed by atoms with E-state index in [-0.39, 0.29) is 5.28 Å². The molecule has 26 heavy (non-hydrogen) atoms. The van der Waals surface area contributed by atoms with Gasteiger partial charge < -0.3 is 15.2 Å². The molecule has 1 unspecified atom stereocenters. The third-order valence-electron chi connectivity index (χ3n) is 3.73. The lowest BCUT2D eigenvalue weighted by Crippen LogP contribution is -2.10. The van der Waals surface area contributed by atoms with E-state index in [9.17, 15) is 5.11 Å². The van der Waals surface area contributed by atoms with E-state index in [1.165, 1.54) is 6.20 Å². The van der Waals surface area contributed by atoms with Crippen molar-refractivity contribution in [1.29, 1.82) is 0 Å². The molecule has 0 fully saturated rings. The number of aromatic nitrogens is 3. The molecule has 0 amide bonds. The Balaban J connectivity index is 1.83. The molecule has 134 valence electrons. The fraction of sp³-hybridized carbons (Fsp3) is 0.167. The van der Waals surface area contributed by atoms with Gasteiger partial charge in [0.25, 0.3) is 0 Å². The lowest BCUT2D eigenvalue weighted by Gasteiger charge is -2.15. The summed E-state index contributed by atoms with van der Waals surface area (Å²) in [6, 6.07) is 10.8. The van der Waals surface area contributed by atoms with Crippen LogP contribution in [0.5, 0.6) is 5.75 Å². The van der Waals surface area contributed by atoms with E-state index in [2.05, 4.69) is 20.3 Å². The molecule has 2 aromatic heterocycles. The number of nitrogens with one attached hydrogen (secondary N) is 1. The number of methoxy groups -OCH3 is 1. The molecule has 6 nitrogen and oxygen atoms in total. The van der Waals surface area contributed by atoms with Crippen LogP contribution < -0.4 is 10.1 Å². The van der Waals surface area contributed by atoms with Crippen LogP contribution in [-0.4, -0.2) is 27.2 Å². The minimum Gasteiger partial charge on any atom is -0.495 e. The SMILES string of the molecule is COc1ccc(CNc2nc(Cl)ncc2C(O)c2ccccn2)cc1Cl. The molecule has 3 aromatic rings. The summed E-state index contributed by atoms with van der Waals surface area (Å²) < 4.78 is 5.15. The normalized spacial score (nSPS) is 11.8. The number of aliphatic hydroxyl groups is 1. The van der Waals surface area contributed by atoms with Gasteiger partial charge in [0.15, 0.2) is 0 Å². The number of benzene rings is 1. The molecule has 1 atom stereocenters. The van der Waals surface area contributed by atoms with Crippen molar-refractivity contribution in [2.24, 2.45) is 0 Å². The maximum Gasteiger partial charge on any atom is 0.224 e. The molecule has 0 saturated heterocycles. The predicted octanol–water partition coefficient (Wildman–Crippen LogP) is 3.88. The Labute approximate surface area is 160 Å². The van der Waals surface area contributed by atoms with Gasteiger partial charge in [0.2, 0.25) is 5.28 Å². The first-order valence-corrected chi connectivity index (χ1v) is 8.52. The second-order valence-corrected chi connectivity index (χ2v) is 6.17. The highest BCUT2D eigenvalue weighted by Gasteiger charge is 2.18. The van der Waals surface area contributed by atoms with Crippen molar-refractivity contribution in [3.05, 3.63) is 75.9 Å². The van der Waals surface area contributed by atoms with E-state index in [0.29, 0.717) is 34.4 Å². The van der Waals surface area contributed by atoms with E-state index in [1.54, 1.807) is 43.6 Å². The van der Waals surface area contributed by atoms with Crippen molar-refractivity contribution in [3.63, 3.8) is 0 Å². The minimum absolute atomic E-state index is 0.0808. The van der Waals surface area contributed by atoms with Crippen molar-refractivity contribution < 1.29 is 9.84 Å². The summed E-state index contributed by atoms with van der Waals surface area (Å²) in [5.74, 6) is 1.03. The smallest absolute Gasteiger partial charge is 0.224 e. The highest BCUT2D eigenvalue weighted by Crippen LogP contribution is 2.28. The number of anilines is 1. The van der Waals surface area contributed by atoms with E-state index < -0.39 is 6.10 Å². The van der Waals surface area contributed by atoms with Crippen LogP contribution in [0.1, 0.15) is 22.9 Å². The number of hydrogen-bond acceptors (Lipinski definition) is 6. The monoisotopic (exact) mass is 390 g/mol. The molecule has 8 heteroatoms. The van der Waals surface area contributed by atoms with Crippen molar-refractivity contribution in [2.45, 2.75) is 12.6 Å². The molecular formula is C18H16Cl2N4O2. The fourth-order valence-corrected chi connectivity index (χ4v) is 2.83. The molecule has 0 aliphatic heterocycles. The Morgan fingerprint density at radius 1 is 1.19 bits per heavy atom. The Morgan fingerprint density at radius 3 is 2.73 bits per heavy atom. The Hall–Kier alpha value is -2.41. The van der Waals surface area contributed by atoms with Gasteiger partial charge in [0.1, 0.15) is 17.7 Å². The average molecular weight is 391 g/mol. The Bertz CT molecular complexity index is 894. The van der Waals surface area contributed by atoms with Gasteiger partial charge in [-0.15, -0.1) is 0 Å². The van der Waals surface area contributed by atoms with Gasteiger partial charge in [0, 0.05) is 24.5 Å². The van der Waals surface area contributed by atoms with Gasteiger partial charge in [-0.1, -0.05) is 23.7 Å². The molecular weight excluding hydrogens is 375 g/mol. The number of aliphatic hydroxyl groups excluding tert-OH is 1. The first-order valence-electron chi connectivity index (χ1n) is 7.76. The van der Waals surface area contributed by atoms with Crippen LogP contribution in [0.4, 0.5) is 5.82 Å². The van der Waals surface area contributed by atoms with Crippen LogP contribution >= 0.6 is 23.2 Å². The maximum absolute atomic E-state index is 10.6. The number of nitrogens with zero attached hydrogens (tertiary/aromatic N) is 3. The zero-order chi connectivity index (χ0) is 18.5. The van der Waals surface area contributed by atoms with Gasteiger partial charge in [-0.2, -0.15) is 0 Å². The van der Waals surface area contributed by atoms with Gasteiger partial charge in [-0.05, 0) is 41.4 Å². The van der Waals surface area contributed by atoms with Gasteiger partial charge in [-0.25, -0.2) is 9.97 Å². The largest absolute Gasteiger partial charge is 0.495 e. The highest BCUT2D eigenvalue weighted by molar-refractivity contribution is 6.32. The third kappa shape index (κ3) is 4.22. The van der Waals surface area contributed by atoms with E-state index in [4.69, 9.17) is 27.9 Å². The van der Waals surface area contributed by atoms with Crippen LogP contribution in [0, 0.1) is 0 Å². The number of rotatable bonds is 6. The molecule has 2 N–H and O–H groups in total. The molecule has 0 aliphatic rings. The molecule has 1 aromatic carbocycles. The van der Waals surface area contributed by atoms with E-state index in [1.807, 2.05) is 6.07 Å². The average Bonchev–Trinajstić information content (AvgIpc) is 2.67. The lowest BCUT2D eigenvalue weighted by atomic mass is 10.1. The predicted molar refractivity (Wildman–Crippen MR) is 101 cm³/mol. The van der Waals surface area contributed by atoms with Crippen LogP contribution in [0.15, 0.2) is 48.8 Å². The summed E-state index contributed by atoms with van der Waals surface area (Å²) in [4.78, 5) is 12.3. The summed E-state index contributed by atoms with van der Waals surface area (Å²) >= 11 is 12.1. The number of pyridine rings is 1. The minimum atomic E-state index is -0.976. The first kappa shape index (κ1) is 18.4. The Kier molecular flexibility index (Phi) is 5.88. The fourth-order valence-electron chi connectivity index (χ4n) is 2.41. The molecule has 0 aliphatic carbocycles. The van der Waals surface area contributed by atoms with E-state index >= 15 is 0 Å². The Morgan fingerprint density at radius 2 is 2.04 bits per heavy atom. The van der Waals surface area contributed by atoms with Gasteiger partial charge >= 0.3 is 0 Å². The second-order valence-electron chi connectivity index (χ2n) is 5.42. The van der Waals surface area contributed by atoms with Crippen LogP contribution in [0.2, 0.25) is 10.3 Å². The first-order chi connectivity index (χ1) is 12.6. The third-order valence-corrected chi connectivity index (χ3v) is 4.20. The standard InChI is InChI=1S/C18H16Cl2N4O2/c1-26-15-6-5-11(8-13(15)19)9-22-17-12(10-23-18(20)24-17)16(25)14-4-2-3-7-21-14/h2-8,10,16,25H,9H2,1H3,(H,22,23,24). The molecule has 0 radical (unpaired) electrons. The van der Waals surface area contributed by atoms with Crippen molar-refractivity contribution in [2.75, 3.05) is 12.4 Å². The van der Waals surface area contributed by atoms with Gasteiger partial charge in [0.05, 0.1) is 17.8 Å². The molecule has 0 bridgehead atoms. The van der Waals surface area contributed by atoms with Gasteiger partial charge in [-0.3, -0.25) is 4.98 Å². The van der Waals surface area contributed by atoms with Crippen molar-refractivity contribution >= 4 is 29.0 Å². The zero-order valence-corrected chi connectivity index (χ0v) is 15.4. The van der Waals surface area contributed by atoms with Crippen molar-refractivity contribution in [1.82, 2.24) is 15.0 Å². The summed E-state index contributed by atoms with van der Waals surface area (Å²) in [5, 5.41) is 14.4. The topological polar surface area (TPSA) is 80.2 Å². The summed E-state index contributed by atoms with van der Waals surface area (Å²) in [6.45, 7) is 0.430. The van der Waals surface area contributed by atoms with Crippen molar-refractivity contribution in [3.8, 4) is 5.75 Å². The lowest BCUT2D eigenvalue weighted by molar-refractivity contribution is 0.215. The number of halogens is 2. The quantitative estimate of drug-likeness (QED) is 0.621. The second kappa shape index (κ2) is 8.31.